The van der Waals surface area contributed by atoms with Gasteiger partial charge in [-0.15, -0.1) is 0 Å². The van der Waals surface area contributed by atoms with Crippen LogP contribution in [-0.2, 0) is 27.4 Å². The SMILES string of the molecule is C[C@H](OC1CCCCO1)c1nccn1Cc1cc(-c2ccc(C#Cc3ccc(CNC=O)nc3)cc2)on1. The Balaban J connectivity index is 1.20. The van der Waals surface area contributed by atoms with Crippen LogP contribution in [0.1, 0.15) is 60.6 Å². The van der Waals surface area contributed by atoms with Gasteiger partial charge in [0.25, 0.3) is 0 Å². The summed E-state index contributed by atoms with van der Waals surface area (Å²) in [4.78, 5) is 19.2. The van der Waals surface area contributed by atoms with E-state index in [2.05, 4.69) is 32.3 Å². The van der Waals surface area contributed by atoms with Crippen LogP contribution in [0.5, 0.6) is 0 Å². The highest BCUT2D eigenvalue weighted by Crippen LogP contribution is 2.25. The van der Waals surface area contributed by atoms with Gasteiger partial charge in [0.15, 0.2) is 12.1 Å². The molecular formula is C29H29N5O4. The lowest BCUT2D eigenvalue weighted by Gasteiger charge is -2.26. The average Bonchev–Trinajstić information content (AvgIpc) is 3.62. The summed E-state index contributed by atoms with van der Waals surface area (Å²) in [7, 11) is 0. The van der Waals surface area contributed by atoms with Crippen molar-refractivity contribution < 1.29 is 18.8 Å². The van der Waals surface area contributed by atoms with E-state index in [4.69, 9.17) is 14.0 Å². The lowest BCUT2D eigenvalue weighted by molar-refractivity contribution is -0.188. The number of amides is 1. The maximum atomic E-state index is 10.4. The Morgan fingerprint density at radius 3 is 2.74 bits per heavy atom. The summed E-state index contributed by atoms with van der Waals surface area (Å²) < 4.78 is 19.4. The van der Waals surface area contributed by atoms with Gasteiger partial charge in [-0.05, 0) is 62.6 Å². The Kier molecular flexibility index (Phi) is 8.23. The first-order chi connectivity index (χ1) is 18.7. The molecule has 9 nitrogen and oxygen atoms in total. The summed E-state index contributed by atoms with van der Waals surface area (Å²) in [5.41, 5.74) is 4.16. The van der Waals surface area contributed by atoms with E-state index in [1.54, 1.807) is 12.4 Å². The number of rotatable bonds is 9. The van der Waals surface area contributed by atoms with Gasteiger partial charge in [0.2, 0.25) is 6.41 Å². The van der Waals surface area contributed by atoms with E-state index < -0.39 is 0 Å². The minimum Gasteiger partial charge on any atom is -0.356 e. The van der Waals surface area contributed by atoms with Crippen LogP contribution < -0.4 is 5.32 Å². The van der Waals surface area contributed by atoms with Crippen molar-refractivity contribution in [2.45, 2.75) is 51.7 Å². The summed E-state index contributed by atoms with van der Waals surface area (Å²) in [5, 5.41) is 6.85. The molecule has 4 aromatic rings. The summed E-state index contributed by atoms with van der Waals surface area (Å²) in [6.07, 6.45) is 8.79. The van der Waals surface area contributed by atoms with Crippen molar-refractivity contribution in [2.24, 2.45) is 0 Å². The second-order valence-electron chi connectivity index (χ2n) is 9.03. The van der Waals surface area contributed by atoms with Crippen LogP contribution in [0.4, 0.5) is 0 Å². The third-order valence-electron chi connectivity index (χ3n) is 6.21. The highest BCUT2D eigenvalue weighted by molar-refractivity contribution is 5.59. The molecule has 0 aliphatic carbocycles. The molecule has 9 heteroatoms. The summed E-state index contributed by atoms with van der Waals surface area (Å²) in [6, 6.07) is 13.5. The quantitative estimate of drug-likeness (QED) is 0.265. The van der Waals surface area contributed by atoms with Gasteiger partial charge in [0, 0.05) is 48.0 Å². The average molecular weight is 512 g/mol. The number of benzene rings is 1. The van der Waals surface area contributed by atoms with Crippen LogP contribution in [0.3, 0.4) is 0 Å². The van der Waals surface area contributed by atoms with E-state index >= 15 is 0 Å². The second-order valence-corrected chi connectivity index (χ2v) is 9.03. The third-order valence-corrected chi connectivity index (χ3v) is 6.21. The summed E-state index contributed by atoms with van der Waals surface area (Å²) in [6.45, 7) is 3.66. The Hall–Kier alpha value is -4.26. The van der Waals surface area contributed by atoms with Gasteiger partial charge in [-0.3, -0.25) is 9.78 Å². The number of pyridine rings is 1. The molecule has 194 valence electrons. The summed E-state index contributed by atoms with van der Waals surface area (Å²) in [5.74, 6) is 7.76. The Morgan fingerprint density at radius 1 is 1.13 bits per heavy atom. The van der Waals surface area contributed by atoms with Crippen molar-refractivity contribution in [1.82, 2.24) is 25.0 Å². The fourth-order valence-electron chi connectivity index (χ4n) is 4.23. The van der Waals surface area contributed by atoms with Crippen molar-refractivity contribution in [3.63, 3.8) is 0 Å². The number of hydrogen-bond donors (Lipinski definition) is 1. The van der Waals surface area contributed by atoms with Crippen LogP contribution >= 0.6 is 0 Å². The largest absolute Gasteiger partial charge is 0.356 e. The zero-order valence-corrected chi connectivity index (χ0v) is 21.2. The van der Waals surface area contributed by atoms with Gasteiger partial charge in [-0.2, -0.15) is 0 Å². The molecule has 4 heterocycles. The van der Waals surface area contributed by atoms with Gasteiger partial charge >= 0.3 is 0 Å². The molecule has 1 aliphatic rings. The lowest BCUT2D eigenvalue weighted by atomic mass is 10.1. The van der Waals surface area contributed by atoms with E-state index in [0.29, 0.717) is 25.3 Å². The first-order valence-electron chi connectivity index (χ1n) is 12.7. The van der Waals surface area contributed by atoms with Crippen LogP contribution in [0.25, 0.3) is 11.3 Å². The smallest absolute Gasteiger partial charge is 0.207 e. The van der Waals surface area contributed by atoms with Crippen molar-refractivity contribution in [3.05, 3.63) is 89.4 Å². The minimum absolute atomic E-state index is 0.177. The van der Waals surface area contributed by atoms with E-state index in [1.165, 1.54) is 0 Å². The number of aromatic nitrogens is 4. The van der Waals surface area contributed by atoms with E-state index in [1.807, 2.05) is 60.2 Å². The van der Waals surface area contributed by atoms with Crippen LogP contribution in [-0.4, -0.2) is 39.0 Å². The molecule has 1 unspecified atom stereocenters. The molecule has 1 saturated heterocycles. The van der Waals surface area contributed by atoms with Gasteiger partial charge in [0.05, 0.1) is 18.8 Å². The number of hydrogen-bond acceptors (Lipinski definition) is 7. The van der Waals surface area contributed by atoms with Crippen molar-refractivity contribution in [3.8, 4) is 23.2 Å². The molecule has 1 aliphatic heterocycles. The highest BCUT2D eigenvalue weighted by Gasteiger charge is 2.21. The molecule has 38 heavy (non-hydrogen) atoms. The maximum Gasteiger partial charge on any atom is 0.207 e. The standard InChI is InChI=1S/C29H29N5O4/c1-21(37-28-4-2-3-15-36-28)29-31-13-14-34(29)19-26-16-27(38-33-26)24-10-7-22(8-11-24)5-6-23-9-12-25(32-17-23)18-30-20-35/h7-14,16-17,20-21,28H,2-4,15,18-19H2,1H3,(H,30,35)/t21-,28?/m0/s1. The van der Waals surface area contributed by atoms with E-state index in [-0.39, 0.29) is 12.4 Å². The van der Waals surface area contributed by atoms with Crippen LogP contribution in [0, 0.1) is 11.8 Å². The number of ether oxygens (including phenoxy) is 2. The van der Waals surface area contributed by atoms with Crippen molar-refractivity contribution in [2.75, 3.05) is 6.61 Å². The van der Waals surface area contributed by atoms with Crippen LogP contribution in [0.15, 0.2) is 65.6 Å². The number of nitrogens with zero attached hydrogens (tertiary/aromatic N) is 4. The molecule has 0 spiro atoms. The molecule has 1 fully saturated rings. The lowest BCUT2D eigenvalue weighted by Crippen LogP contribution is -2.24. The zero-order valence-electron chi connectivity index (χ0n) is 21.2. The first-order valence-corrected chi connectivity index (χ1v) is 12.7. The van der Waals surface area contributed by atoms with Gasteiger partial charge < -0.3 is 23.9 Å². The maximum absolute atomic E-state index is 10.4. The Labute approximate surface area is 221 Å². The minimum atomic E-state index is -0.193. The van der Waals surface area contributed by atoms with Crippen LogP contribution in [0.2, 0.25) is 0 Å². The van der Waals surface area contributed by atoms with E-state index in [0.717, 1.165) is 59.8 Å². The number of carbonyl (C=O) groups excluding carboxylic acids is 1. The highest BCUT2D eigenvalue weighted by atomic mass is 16.7. The fourth-order valence-corrected chi connectivity index (χ4v) is 4.23. The first kappa shape index (κ1) is 25.4. The Bertz CT molecular complexity index is 1390. The monoisotopic (exact) mass is 511 g/mol. The normalized spacial score (nSPS) is 15.9. The van der Waals surface area contributed by atoms with Gasteiger partial charge in [-0.1, -0.05) is 17.0 Å². The third kappa shape index (κ3) is 6.54. The predicted molar refractivity (Wildman–Crippen MR) is 139 cm³/mol. The number of carbonyl (C=O) groups is 1. The second kappa shape index (κ2) is 12.3. The van der Waals surface area contributed by atoms with E-state index in [9.17, 15) is 4.79 Å². The number of nitrogens with one attached hydrogen (secondary N) is 1. The molecule has 1 aromatic carbocycles. The fraction of sp³-hybridized carbons (Fsp3) is 0.310. The molecule has 5 rings (SSSR count). The van der Waals surface area contributed by atoms with Crippen molar-refractivity contribution >= 4 is 6.41 Å². The zero-order chi connectivity index (χ0) is 26.2. The van der Waals surface area contributed by atoms with Gasteiger partial charge in [-0.25, -0.2) is 4.98 Å². The van der Waals surface area contributed by atoms with Gasteiger partial charge in [0.1, 0.15) is 17.6 Å². The topological polar surface area (TPSA) is 104 Å². The molecule has 3 aromatic heterocycles. The Morgan fingerprint density at radius 2 is 1.97 bits per heavy atom. The molecule has 0 bridgehead atoms. The molecule has 0 saturated carbocycles. The summed E-state index contributed by atoms with van der Waals surface area (Å²) >= 11 is 0. The molecule has 1 amide bonds. The molecule has 0 radical (unpaired) electrons. The molecule has 1 N–H and O–H groups in total. The molecule has 2 atom stereocenters. The number of imidazole rings is 1. The molecular weight excluding hydrogens is 482 g/mol. The predicted octanol–water partition coefficient (Wildman–Crippen LogP) is 4.23. The van der Waals surface area contributed by atoms with Crippen molar-refractivity contribution in [1.29, 1.82) is 0 Å².